The van der Waals surface area contributed by atoms with E-state index >= 15 is 0 Å². The summed E-state index contributed by atoms with van der Waals surface area (Å²) in [6.45, 7) is 6.88. The van der Waals surface area contributed by atoms with E-state index in [9.17, 15) is 4.79 Å². The minimum Gasteiger partial charge on any atom is -0.378 e. The zero-order chi connectivity index (χ0) is 14.5. The van der Waals surface area contributed by atoms with E-state index in [1.165, 1.54) is 16.7 Å². The number of amides is 1. The fourth-order valence-corrected chi connectivity index (χ4v) is 3.14. The van der Waals surface area contributed by atoms with Gasteiger partial charge < -0.3 is 15.4 Å². The second kappa shape index (κ2) is 7.20. The third-order valence-corrected chi connectivity index (χ3v) is 4.01. The molecule has 1 aliphatic heterocycles. The van der Waals surface area contributed by atoms with Crippen molar-refractivity contribution in [3.05, 3.63) is 33.3 Å². The van der Waals surface area contributed by atoms with Crippen molar-refractivity contribution in [2.75, 3.05) is 19.8 Å². The maximum atomic E-state index is 12.0. The molecule has 1 amide bonds. The second-order valence-electron chi connectivity index (χ2n) is 5.22. The molecule has 1 aromatic carbocycles. The Bertz CT molecular complexity index is 462. The Morgan fingerprint density at radius 3 is 2.75 bits per heavy atom. The van der Waals surface area contributed by atoms with Crippen molar-refractivity contribution in [3.63, 3.8) is 0 Å². The zero-order valence-corrected chi connectivity index (χ0v) is 13.5. The number of nitrogens with one attached hydrogen (secondary N) is 2. The van der Waals surface area contributed by atoms with Crippen molar-refractivity contribution in [2.45, 2.75) is 32.9 Å². The zero-order valence-electron chi connectivity index (χ0n) is 12.0. The van der Waals surface area contributed by atoms with E-state index in [-0.39, 0.29) is 11.9 Å². The van der Waals surface area contributed by atoms with Crippen LogP contribution in [0.1, 0.15) is 23.1 Å². The summed E-state index contributed by atoms with van der Waals surface area (Å²) in [5.41, 5.74) is 3.57. The van der Waals surface area contributed by atoms with E-state index in [1.54, 1.807) is 0 Å². The molecule has 1 aliphatic rings. The Hall–Kier alpha value is -0.910. The molecule has 0 spiro atoms. The lowest BCUT2D eigenvalue weighted by Gasteiger charge is -2.23. The molecule has 1 unspecified atom stereocenters. The van der Waals surface area contributed by atoms with E-state index < -0.39 is 0 Å². The summed E-state index contributed by atoms with van der Waals surface area (Å²) in [7, 11) is 0. The summed E-state index contributed by atoms with van der Waals surface area (Å²) in [5.74, 6) is 0.0646. The molecule has 1 atom stereocenters. The van der Waals surface area contributed by atoms with Crippen LogP contribution in [-0.2, 0) is 16.1 Å². The predicted octanol–water partition coefficient (Wildman–Crippen LogP) is 2.06. The van der Waals surface area contributed by atoms with Crippen LogP contribution >= 0.6 is 15.9 Å². The van der Waals surface area contributed by atoms with E-state index in [1.807, 2.05) is 0 Å². The maximum Gasteiger partial charge on any atom is 0.221 e. The molecule has 20 heavy (non-hydrogen) atoms. The van der Waals surface area contributed by atoms with E-state index in [4.69, 9.17) is 4.74 Å². The van der Waals surface area contributed by atoms with Crippen LogP contribution in [0.2, 0.25) is 0 Å². The largest absolute Gasteiger partial charge is 0.378 e. The van der Waals surface area contributed by atoms with Crippen molar-refractivity contribution >= 4 is 21.8 Å². The SMILES string of the molecule is Cc1cc(Br)cc(C)c1CNC(=O)CC1COCCN1. The lowest BCUT2D eigenvalue weighted by atomic mass is 10.0. The highest BCUT2D eigenvalue weighted by atomic mass is 79.9. The highest BCUT2D eigenvalue weighted by Gasteiger charge is 2.16. The first kappa shape index (κ1) is 15.5. The summed E-state index contributed by atoms with van der Waals surface area (Å²) in [6.07, 6.45) is 0.467. The summed E-state index contributed by atoms with van der Waals surface area (Å²) in [4.78, 5) is 12.0. The van der Waals surface area contributed by atoms with Crippen LogP contribution in [0.15, 0.2) is 16.6 Å². The monoisotopic (exact) mass is 340 g/mol. The van der Waals surface area contributed by atoms with Gasteiger partial charge in [0.05, 0.1) is 13.2 Å². The number of ether oxygens (including phenoxy) is 1. The van der Waals surface area contributed by atoms with Crippen molar-refractivity contribution in [1.82, 2.24) is 10.6 Å². The van der Waals surface area contributed by atoms with Gasteiger partial charge in [-0.2, -0.15) is 0 Å². The molecule has 1 heterocycles. The van der Waals surface area contributed by atoms with Crippen LogP contribution in [0, 0.1) is 13.8 Å². The Labute approximate surface area is 128 Å². The van der Waals surface area contributed by atoms with Gasteiger partial charge in [0.2, 0.25) is 5.91 Å². The first-order valence-corrected chi connectivity index (χ1v) is 7.69. The van der Waals surface area contributed by atoms with Gasteiger partial charge in [0.1, 0.15) is 0 Å². The number of benzene rings is 1. The summed E-state index contributed by atoms with van der Waals surface area (Å²) in [6, 6.07) is 4.28. The van der Waals surface area contributed by atoms with Gasteiger partial charge in [-0.1, -0.05) is 15.9 Å². The standard InChI is InChI=1S/C15H21BrN2O2/c1-10-5-12(16)6-11(2)14(10)8-18-15(19)7-13-9-20-4-3-17-13/h5-6,13,17H,3-4,7-9H2,1-2H3,(H,18,19). The number of carbonyl (C=O) groups is 1. The van der Waals surface area contributed by atoms with Crippen LogP contribution in [0.5, 0.6) is 0 Å². The molecule has 1 aromatic rings. The average Bonchev–Trinajstić information content (AvgIpc) is 2.38. The van der Waals surface area contributed by atoms with Crippen molar-refractivity contribution in [1.29, 1.82) is 0 Å². The number of carbonyl (C=O) groups excluding carboxylic acids is 1. The fourth-order valence-electron chi connectivity index (χ4n) is 2.45. The average molecular weight is 341 g/mol. The molecular weight excluding hydrogens is 320 g/mol. The Kier molecular flexibility index (Phi) is 5.57. The van der Waals surface area contributed by atoms with Crippen molar-refractivity contribution in [3.8, 4) is 0 Å². The quantitative estimate of drug-likeness (QED) is 0.882. The van der Waals surface area contributed by atoms with Crippen LogP contribution in [0.3, 0.4) is 0 Å². The van der Waals surface area contributed by atoms with E-state index in [0.717, 1.165) is 17.6 Å². The third kappa shape index (κ3) is 4.30. The Morgan fingerprint density at radius 2 is 2.15 bits per heavy atom. The number of hydrogen-bond donors (Lipinski definition) is 2. The Balaban J connectivity index is 1.87. The van der Waals surface area contributed by atoms with Gasteiger partial charge in [-0.3, -0.25) is 4.79 Å². The number of rotatable bonds is 4. The summed E-state index contributed by atoms with van der Waals surface area (Å²) >= 11 is 3.48. The van der Waals surface area contributed by atoms with Gasteiger partial charge in [0.15, 0.2) is 0 Å². The molecule has 1 fully saturated rings. The van der Waals surface area contributed by atoms with Crippen LogP contribution in [-0.4, -0.2) is 31.7 Å². The molecule has 0 aliphatic carbocycles. The van der Waals surface area contributed by atoms with Crippen LogP contribution in [0.25, 0.3) is 0 Å². The molecule has 2 rings (SSSR count). The van der Waals surface area contributed by atoms with E-state index in [2.05, 4.69) is 52.5 Å². The molecular formula is C15H21BrN2O2. The first-order chi connectivity index (χ1) is 9.56. The fraction of sp³-hybridized carbons (Fsp3) is 0.533. The molecule has 0 bridgehead atoms. The van der Waals surface area contributed by atoms with Crippen molar-refractivity contribution in [2.24, 2.45) is 0 Å². The highest BCUT2D eigenvalue weighted by molar-refractivity contribution is 9.10. The topological polar surface area (TPSA) is 50.4 Å². The molecule has 2 N–H and O–H groups in total. The molecule has 0 radical (unpaired) electrons. The van der Waals surface area contributed by atoms with Gasteiger partial charge in [0, 0.05) is 30.0 Å². The number of aryl methyl sites for hydroxylation is 2. The molecule has 0 aromatic heterocycles. The van der Waals surface area contributed by atoms with Gasteiger partial charge in [-0.15, -0.1) is 0 Å². The van der Waals surface area contributed by atoms with Gasteiger partial charge in [-0.05, 0) is 42.7 Å². The first-order valence-electron chi connectivity index (χ1n) is 6.89. The highest BCUT2D eigenvalue weighted by Crippen LogP contribution is 2.20. The van der Waals surface area contributed by atoms with Gasteiger partial charge in [-0.25, -0.2) is 0 Å². The summed E-state index contributed by atoms with van der Waals surface area (Å²) < 4.78 is 6.42. The minimum atomic E-state index is 0.0646. The molecule has 0 saturated carbocycles. The van der Waals surface area contributed by atoms with E-state index in [0.29, 0.717) is 19.6 Å². The molecule has 4 nitrogen and oxygen atoms in total. The summed E-state index contributed by atoms with van der Waals surface area (Å²) in [5, 5.41) is 6.28. The van der Waals surface area contributed by atoms with Crippen LogP contribution in [0.4, 0.5) is 0 Å². The number of morpholine rings is 1. The van der Waals surface area contributed by atoms with Gasteiger partial charge in [0.25, 0.3) is 0 Å². The lowest BCUT2D eigenvalue weighted by Crippen LogP contribution is -2.44. The van der Waals surface area contributed by atoms with Crippen molar-refractivity contribution < 1.29 is 9.53 Å². The predicted molar refractivity (Wildman–Crippen MR) is 82.7 cm³/mol. The Morgan fingerprint density at radius 1 is 1.45 bits per heavy atom. The lowest BCUT2D eigenvalue weighted by molar-refractivity contribution is -0.122. The molecule has 1 saturated heterocycles. The number of hydrogen-bond acceptors (Lipinski definition) is 3. The minimum absolute atomic E-state index is 0.0646. The third-order valence-electron chi connectivity index (χ3n) is 3.55. The maximum absolute atomic E-state index is 12.0. The van der Waals surface area contributed by atoms with Crippen LogP contribution < -0.4 is 10.6 Å². The smallest absolute Gasteiger partial charge is 0.221 e. The molecule has 110 valence electrons. The molecule has 5 heteroatoms. The normalized spacial score (nSPS) is 18.9. The number of halogens is 1. The second-order valence-corrected chi connectivity index (χ2v) is 6.14. The van der Waals surface area contributed by atoms with Gasteiger partial charge >= 0.3 is 0 Å².